The first-order valence-electron chi connectivity index (χ1n) is 7.18. The number of carboxylic acid groups (broad SMARTS) is 1. The van der Waals surface area contributed by atoms with Gasteiger partial charge >= 0.3 is 5.97 Å². The first-order chi connectivity index (χ1) is 9.22. The molecule has 2 rings (SSSR count). The third-order valence-electron chi connectivity index (χ3n) is 3.93. The van der Waals surface area contributed by atoms with Crippen LogP contribution >= 0.6 is 0 Å². The third-order valence-corrected chi connectivity index (χ3v) is 3.93. The Morgan fingerprint density at radius 3 is 2.84 bits per heavy atom. The van der Waals surface area contributed by atoms with Gasteiger partial charge in [-0.2, -0.15) is 0 Å². The number of ether oxygens (including phenoxy) is 1. The highest BCUT2D eigenvalue weighted by Crippen LogP contribution is 2.37. The maximum Gasteiger partial charge on any atom is 0.307 e. The van der Waals surface area contributed by atoms with Crippen LogP contribution in [0.2, 0.25) is 0 Å². The molecule has 1 aliphatic rings. The lowest BCUT2D eigenvalue weighted by Gasteiger charge is -2.22. The molecule has 0 aromatic heterocycles. The van der Waals surface area contributed by atoms with Gasteiger partial charge in [-0.3, -0.25) is 4.79 Å². The lowest BCUT2D eigenvalue weighted by Crippen LogP contribution is -2.21. The molecule has 0 radical (unpaired) electrons. The van der Waals surface area contributed by atoms with Crippen LogP contribution in [0.1, 0.15) is 50.5 Å². The van der Waals surface area contributed by atoms with Gasteiger partial charge in [-0.1, -0.05) is 31.4 Å². The maximum atomic E-state index is 11.5. The number of benzene rings is 1. The first kappa shape index (κ1) is 13.9. The Balaban J connectivity index is 2.25. The summed E-state index contributed by atoms with van der Waals surface area (Å²) < 4.78 is 5.52. The molecule has 1 aromatic rings. The van der Waals surface area contributed by atoms with E-state index in [-0.39, 0.29) is 11.8 Å². The van der Waals surface area contributed by atoms with Crippen molar-refractivity contribution in [1.29, 1.82) is 0 Å². The van der Waals surface area contributed by atoms with Gasteiger partial charge in [0.1, 0.15) is 5.75 Å². The number of rotatable bonds is 4. The molecule has 19 heavy (non-hydrogen) atoms. The second-order valence-electron chi connectivity index (χ2n) is 5.19. The quantitative estimate of drug-likeness (QED) is 0.839. The summed E-state index contributed by atoms with van der Waals surface area (Å²) in [6.45, 7) is 2.59. The van der Waals surface area contributed by atoms with E-state index in [0.29, 0.717) is 6.61 Å². The van der Waals surface area contributed by atoms with Crippen LogP contribution in [-0.2, 0) is 4.79 Å². The summed E-state index contributed by atoms with van der Waals surface area (Å²) in [6.07, 6.45) is 5.04. The molecular formula is C16H22O3. The standard InChI is InChI=1S/C16H22O3/c1-2-19-13-8-6-7-12(11-13)14-9-4-3-5-10-15(14)16(17)18/h6-8,11,14-15H,2-5,9-10H2,1H3,(H,17,18). The second kappa shape index (κ2) is 6.60. The van der Waals surface area contributed by atoms with E-state index < -0.39 is 5.97 Å². The first-order valence-corrected chi connectivity index (χ1v) is 7.18. The zero-order valence-corrected chi connectivity index (χ0v) is 11.5. The Morgan fingerprint density at radius 1 is 1.32 bits per heavy atom. The van der Waals surface area contributed by atoms with Crippen LogP contribution in [0.15, 0.2) is 24.3 Å². The van der Waals surface area contributed by atoms with Crippen LogP contribution in [0.5, 0.6) is 5.75 Å². The molecule has 0 heterocycles. The zero-order valence-electron chi connectivity index (χ0n) is 11.5. The molecule has 3 heteroatoms. The minimum Gasteiger partial charge on any atom is -0.494 e. The topological polar surface area (TPSA) is 46.5 Å². The molecule has 1 fully saturated rings. The minimum atomic E-state index is -0.659. The van der Waals surface area contributed by atoms with E-state index in [2.05, 4.69) is 0 Å². The fourth-order valence-electron chi connectivity index (χ4n) is 3.00. The van der Waals surface area contributed by atoms with Gasteiger partial charge in [0.25, 0.3) is 0 Å². The van der Waals surface area contributed by atoms with Gasteiger partial charge in [0.05, 0.1) is 12.5 Å². The van der Waals surface area contributed by atoms with Crippen molar-refractivity contribution in [2.24, 2.45) is 5.92 Å². The van der Waals surface area contributed by atoms with Crippen LogP contribution in [0.3, 0.4) is 0 Å². The number of carbonyl (C=O) groups is 1. The molecule has 1 aliphatic carbocycles. The van der Waals surface area contributed by atoms with Gasteiger partial charge in [-0.05, 0) is 43.4 Å². The van der Waals surface area contributed by atoms with E-state index in [9.17, 15) is 9.90 Å². The molecule has 0 spiro atoms. The number of hydrogen-bond acceptors (Lipinski definition) is 2. The molecule has 0 amide bonds. The van der Waals surface area contributed by atoms with Gasteiger partial charge < -0.3 is 9.84 Å². The normalized spacial score (nSPS) is 23.6. The van der Waals surface area contributed by atoms with Crippen molar-refractivity contribution < 1.29 is 14.6 Å². The maximum absolute atomic E-state index is 11.5. The molecule has 2 unspecified atom stereocenters. The highest BCUT2D eigenvalue weighted by molar-refractivity contribution is 5.71. The second-order valence-corrected chi connectivity index (χ2v) is 5.19. The predicted molar refractivity (Wildman–Crippen MR) is 74.6 cm³/mol. The fraction of sp³-hybridized carbons (Fsp3) is 0.562. The highest BCUT2D eigenvalue weighted by Gasteiger charge is 2.30. The molecule has 0 saturated heterocycles. The lowest BCUT2D eigenvalue weighted by molar-refractivity contribution is -0.142. The molecule has 1 aromatic carbocycles. The van der Waals surface area contributed by atoms with Crippen molar-refractivity contribution in [3.63, 3.8) is 0 Å². The SMILES string of the molecule is CCOc1cccc(C2CCCCCC2C(=O)O)c1. The van der Waals surface area contributed by atoms with Crippen molar-refractivity contribution in [2.45, 2.75) is 44.9 Å². The van der Waals surface area contributed by atoms with Gasteiger partial charge in [0.15, 0.2) is 0 Å². The van der Waals surface area contributed by atoms with Crippen molar-refractivity contribution in [1.82, 2.24) is 0 Å². The Bertz CT molecular complexity index is 428. The Kier molecular flexibility index (Phi) is 4.83. The third kappa shape index (κ3) is 3.49. The molecule has 104 valence electrons. The van der Waals surface area contributed by atoms with Crippen molar-refractivity contribution >= 4 is 5.97 Å². The summed E-state index contributed by atoms with van der Waals surface area (Å²) in [5.41, 5.74) is 1.11. The van der Waals surface area contributed by atoms with Gasteiger partial charge in [-0.25, -0.2) is 0 Å². The lowest BCUT2D eigenvalue weighted by atomic mass is 9.82. The average Bonchev–Trinajstić information content (AvgIpc) is 2.65. The van der Waals surface area contributed by atoms with Crippen molar-refractivity contribution in [3.05, 3.63) is 29.8 Å². The minimum absolute atomic E-state index is 0.125. The summed E-state index contributed by atoms with van der Waals surface area (Å²) in [4.78, 5) is 11.5. The molecule has 2 atom stereocenters. The fourth-order valence-corrected chi connectivity index (χ4v) is 3.00. The number of carboxylic acids is 1. The Morgan fingerprint density at radius 2 is 2.11 bits per heavy atom. The molecule has 3 nitrogen and oxygen atoms in total. The van der Waals surface area contributed by atoms with Crippen LogP contribution in [0, 0.1) is 5.92 Å². The summed E-state index contributed by atoms with van der Waals surface area (Å²) in [5, 5.41) is 9.44. The highest BCUT2D eigenvalue weighted by atomic mass is 16.5. The number of hydrogen-bond donors (Lipinski definition) is 1. The van der Waals surface area contributed by atoms with E-state index in [0.717, 1.165) is 43.4 Å². The molecule has 0 bridgehead atoms. The van der Waals surface area contributed by atoms with E-state index in [1.54, 1.807) is 0 Å². The van der Waals surface area contributed by atoms with E-state index in [1.165, 1.54) is 0 Å². The predicted octanol–water partition coefficient (Wildman–Crippen LogP) is 3.83. The molecule has 1 saturated carbocycles. The molecule has 0 aliphatic heterocycles. The Labute approximate surface area is 114 Å². The van der Waals surface area contributed by atoms with Crippen molar-refractivity contribution in [2.75, 3.05) is 6.61 Å². The van der Waals surface area contributed by atoms with Crippen LogP contribution in [0.4, 0.5) is 0 Å². The summed E-state index contributed by atoms with van der Waals surface area (Å²) in [6, 6.07) is 7.94. The molecular weight excluding hydrogens is 240 g/mol. The van der Waals surface area contributed by atoms with E-state index >= 15 is 0 Å². The largest absolute Gasteiger partial charge is 0.494 e. The van der Waals surface area contributed by atoms with E-state index in [4.69, 9.17) is 4.74 Å². The molecule has 1 N–H and O–H groups in total. The number of aliphatic carboxylic acids is 1. The van der Waals surface area contributed by atoms with Crippen molar-refractivity contribution in [3.8, 4) is 5.75 Å². The van der Waals surface area contributed by atoms with E-state index in [1.807, 2.05) is 31.2 Å². The summed E-state index contributed by atoms with van der Waals surface area (Å²) >= 11 is 0. The van der Waals surface area contributed by atoms with Crippen LogP contribution < -0.4 is 4.74 Å². The van der Waals surface area contributed by atoms with Crippen LogP contribution in [-0.4, -0.2) is 17.7 Å². The van der Waals surface area contributed by atoms with Gasteiger partial charge in [0.2, 0.25) is 0 Å². The monoisotopic (exact) mass is 262 g/mol. The zero-order chi connectivity index (χ0) is 13.7. The Hall–Kier alpha value is -1.51. The van der Waals surface area contributed by atoms with Gasteiger partial charge in [-0.15, -0.1) is 0 Å². The van der Waals surface area contributed by atoms with Gasteiger partial charge in [0, 0.05) is 0 Å². The smallest absolute Gasteiger partial charge is 0.307 e. The van der Waals surface area contributed by atoms with Crippen LogP contribution in [0.25, 0.3) is 0 Å². The summed E-state index contributed by atoms with van der Waals surface area (Å²) in [5.74, 6) is 0.0573. The average molecular weight is 262 g/mol. The summed E-state index contributed by atoms with van der Waals surface area (Å²) in [7, 11) is 0.